The Morgan fingerprint density at radius 2 is 2.20 bits per heavy atom. The average molecular weight is 275 g/mol. The lowest BCUT2D eigenvalue weighted by Gasteiger charge is -2.26. The number of nitrogens with one attached hydrogen (secondary N) is 1. The molecule has 0 saturated carbocycles. The summed E-state index contributed by atoms with van der Waals surface area (Å²) < 4.78 is 0. The minimum absolute atomic E-state index is 0.0429. The minimum Gasteiger partial charge on any atom is -0.337 e. The minimum atomic E-state index is 0.0429. The Balaban J connectivity index is 1.80. The van der Waals surface area contributed by atoms with Gasteiger partial charge in [-0.3, -0.25) is 20.5 Å². The molecule has 3 N–H and O–H groups in total. The van der Waals surface area contributed by atoms with Crippen LogP contribution in [-0.4, -0.2) is 52.9 Å². The number of nitrogens with zero attached hydrogens (tertiary/aromatic N) is 3. The van der Waals surface area contributed by atoms with Gasteiger partial charge >= 0.3 is 0 Å². The molecule has 6 heteroatoms. The van der Waals surface area contributed by atoms with Crippen LogP contribution in [0.25, 0.3) is 0 Å². The highest BCUT2D eigenvalue weighted by atomic mass is 16.2. The number of fused-ring (bicyclic) bond motifs is 2. The van der Waals surface area contributed by atoms with E-state index >= 15 is 0 Å². The maximum atomic E-state index is 12.7. The molecule has 0 radical (unpaired) electrons. The van der Waals surface area contributed by atoms with Crippen molar-refractivity contribution in [3.05, 3.63) is 24.0 Å². The first kappa shape index (κ1) is 13.3. The van der Waals surface area contributed by atoms with Gasteiger partial charge in [-0.25, -0.2) is 0 Å². The van der Waals surface area contributed by atoms with Crippen molar-refractivity contribution in [2.24, 2.45) is 5.84 Å². The van der Waals surface area contributed by atoms with Crippen molar-refractivity contribution in [3.8, 4) is 0 Å². The normalized spacial score (nSPS) is 26.4. The molecule has 2 bridgehead atoms. The van der Waals surface area contributed by atoms with E-state index in [-0.39, 0.29) is 5.91 Å². The molecule has 2 unspecified atom stereocenters. The summed E-state index contributed by atoms with van der Waals surface area (Å²) in [5, 5.41) is 0. The van der Waals surface area contributed by atoms with Gasteiger partial charge in [-0.2, -0.15) is 0 Å². The maximum Gasteiger partial charge on any atom is 0.256 e. The van der Waals surface area contributed by atoms with E-state index in [9.17, 15) is 4.79 Å². The molecule has 6 nitrogen and oxygen atoms in total. The van der Waals surface area contributed by atoms with Crippen LogP contribution in [0.15, 0.2) is 18.5 Å². The summed E-state index contributed by atoms with van der Waals surface area (Å²) in [6, 6.07) is 2.84. The Bertz CT molecular complexity index is 506. The molecule has 2 saturated heterocycles. The van der Waals surface area contributed by atoms with E-state index < -0.39 is 0 Å². The van der Waals surface area contributed by atoms with Crippen molar-refractivity contribution in [1.82, 2.24) is 14.8 Å². The van der Waals surface area contributed by atoms with Gasteiger partial charge in [0.2, 0.25) is 0 Å². The number of likely N-dealkylation sites (N-methyl/N-ethyl adjacent to an activating group) is 1. The number of carbonyl (C=O) groups excluding carboxylic acids is 1. The molecular formula is C14H21N5O. The number of likely N-dealkylation sites (tertiary alicyclic amines) is 1. The van der Waals surface area contributed by atoms with Gasteiger partial charge in [0.1, 0.15) is 0 Å². The van der Waals surface area contributed by atoms with Crippen LogP contribution >= 0.6 is 0 Å². The summed E-state index contributed by atoms with van der Waals surface area (Å²) in [7, 11) is 2.18. The predicted octanol–water partition coefficient (Wildman–Crippen LogP) is 0.676. The van der Waals surface area contributed by atoms with Crippen LogP contribution in [-0.2, 0) is 0 Å². The zero-order chi connectivity index (χ0) is 14.1. The maximum absolute atomic E-state index is 12.7. The first-order chi connectivity index (χ1) is 9.70. The predicted molar refractivity (Wildman–Crippen MR) is 77.1 cm³/mol. The van der Waals surface area contributed by atoms with E-state index in [0.717, 1.165) is 19.5 Å². The highest BCUT2D eigenvalue weighted by molar-refractivity contribution is 5.99. The number of aromatic nitrogens is 1. The summed E-state index contributed by atoms with van der Waals surface area (Å²) >= 11 is 0. The number of amides is 1. The van der Waals surface area contributed by atoms with Crippen molar-refractivity contribution in [2.75, 3.05) is 25.6 Å². The Morgan fingerprint density at radius 1 is 1.40 bits per heavy atom. The zero-order valence-corrected chi connectivity index (χ0v) is 11.7. The van der Waals surface area contributed by atoms with Crippen molar-refractivity contribution < 1.29 is 4.79 Å². The molecule has 2 aliphatic rings. The third-order valence-corrected chi connectivity index (χ3v) is 4.64. The van der Waals surface area contributed by atoms with Crippen LogP contribution < -0.4 is 11.3 Å². The van der Waals surface area contributed by atoms with Crippen molar-refractivity contribution in [2.45, 2.75) is 31.3 Å². The number of hydrogen-bond donors (Lipinski definition) is 2. The van der Waals surface area contributed by atoms with E-state index in [1.165, 1.54) is 12.8 Å². The van der Waals surface area contributed by atoms with E-state index in [0.29, 0.717) is 23.3 Å². The molecule has 2 aliphatic heterocycles. The number of nitrogens with two attached hydrogens (primary N) is 1. The third kappa shape index (κ3) is 2.25. The third-order valence-electron chi connectivity index (χ3n) is 4.64. The quantitative estimate of drug-likeness (QED) is 0.613. The van der Waals surface area contributed by atoms with Crippen molar-refractivity contribution >= 4 is 11.6 Å². The molecule has 108 valence electrons. The molecular weight excluding hydrogens is 254 g/mol. The second-order valence-corrected chi connectivity index (χ2v) is 5.66. The molecule has 1 aromatic heterocycles. The largest absolute Gasteiger partial charge is 0.337 e. The molecule has 0 spiro atoms. The van der Waals surface area contributed by atoms with Crippen LogP contribution in [0.2, 0.25) is 0 Å². The van der Waals surface area contributed by atoms with Crippen molar-refractivity contribution in [1.29, 1.82) is 0 Å². The van der Waals surface area contributed by atoms with Crippen LogP contribution in [0.4, 0.5) is 5.69 Å². The monoisotopic (exact) mass is 275 g/mol. The molecule has 1 aromatic rings. The van der Waals surface area contributed by atoms with Gasteiger partial charge in [0.05, 0.1) is 17.4 Å². The summed E-state index contributed by atoms with van der Waals surface area (Å²) in [6.07, 6.45) is 6.71. The molecule has 2 fully saturated rings. The van der Waals surface area contributed by atoms with Gasteiger partial charge in [0.15, 0.2) is 0 Å². The fraction of sp³-hybridized carbons (Fsp3) is 0.571. The number of rotatable bonds is 2. The van der Waals surface area contributed by atoms with Crippen molar-refractivity contribution in [3.63, 3.8) is 0 Å². The number of pyridine rings is 1. The van der Waals surface area contributed by atoms with Gasteiger partial charge in [0.25, 0.3) is 5.91 Å². The Labute approximate surface area is 118 Å². The van der Waals surface area contributed by atoms with Gasteiger partial charge < -0.3 is 10.3 Å². The Kier molecular flexibility index (Phi) is 3.58. The smallest absolute Gasteiger partial charge is 0.256 e. The van der Waals surface area contributed by atoms with Gasteiger partial charge in [-0.15, -0.1) is 0 Å². The number of hydrogen-bond acceptors (Lipinski definition) is 5. The Morgan fingerprint density at radius 3 is 3.00 bits per heavy atom. The molecule has 1 amide bonds. The first-order valence-electron chi connectivity index (χ1n) is 7.12. The van der Waals surface area contributed by atoms with Crippen LogP contribution in [0.3, 0.4) is 0 Å². The van der Waals surface area contributed by atoms with E-state index in [1.807, 2.05) is 4.90 Å². The van der Waals surface area contributed by atoms with Gasteiger partial charge in [0, 0.05) is 31.4 Å². The fourth-order valence-electron chi connectivity index (χ4n) is 3.36. The summed E-state index contributed by atoms with van der Waals surface area (Å²) in [4.78, 5) is 21.1. The molecule has 0 aliphatic carbocycles. The number of carbonyl (C=O) groups is 1. The average Bonchev–Trinajstić information content (AvgIpc) is 2.71. The molecule has 3 rings (SSSR count). The first-order valence-corrected chi connectivity index (χ1v) is 7.12. The van der Waals surface area contributed by atoms with Gasteiger partial charge in [-0.1, -0.05) is 0 Å². The van der Waals surface area contributed by atoms with Crippen LogP contribution in [0, 0.1) is 0 Å². The highest BCUT2D eigenvalue weighted by Crippen LogP contribution is 2.29. The van der Waals surface area contributed by atoms with Crippen LogP contribution in [0.5, 0.6) is 0 Å². The summed E-state index contributed by atoms with van der Waals surface area (Å²) in [5.41, 5.74) is 3.74. The fourth-order valence-corrected chi connectivity index (χ4v) is 3.36. The number of nitrogen functional groups attached to an aromatic ring is 1. The summed E-state index contributed by atoms with van der Waals surface area (Å²) in [5.74, 6) is 5.51. The van der Waals surface area contributed by atoms with E-state index in [4.69, 9.17) is 5.84 Å². The topological polar surface area (TPSA) is 74.5 Å². The molecule has 20 heavy (non-hydrogen) atoms. The number of anilines is 1. The second kappa shape index (κ2) is 5.38. The SMILES string of the molecule is CN1C2CCC1CN(C(=O)c1ccncc1NN)CC2. The molecule has 3 heterocycles. The lowest BCUT2D eigenvalue weighted by molar-refractivity contribution is 0.0741. The second-order valence-electron chi connectivity index (χ2n) is 5.66. The molecule has 0 aromatic carbocycles. The van der Waals surface area contributed by atoms with Gasteiger partial charge in [-0.05, 0) is 32.4 Å². The van der Waals surface area contributed by atoms with E-state index in [2.05, 4.69) is 22.4 Å². The lowest BCUT2D eigenvalue weighted by Crippen LogP contribution is -2.40. The number of hydrazine groups is 1. The standard InChI is InChI=1S/C14H21N5O/c1-18-10-2-3-11(18)9-19(7-5-10)14(20)12-4-6-16-8-13(12)17-15/h4,6,8,10-11,17H,2-3,5,7,9,15H2,1H3. The summed E-state index contributed by atoms with van der Waals surface area (Å²) in [6.45, 7) is 1.62. The lowest BCUT2D eigenvalue weighted by atomic mass is 10.1. The zero-order valence-electron chi connectivity index (χ0n) is 11.7. The van der Waals surface area contributed by atoms with Crippen LogP contribution in [0.1, 0.15) is 29.6 Å². The van der Waals surface area contributed by atoms with E-state index in [1.54, 1.807) is 18.5 Å². The molecule has 2 atom stereocenters. The highest BCUT2D eigenvalue weighted by Gasteiger charge is 2.36. The Hall–Kier alpha value is -1.66.